The molecular weight excluding hydrogens is 382 g/mol. The Morgan fingerprint density at radius 3 is 2.48 bits per heavy atom. The first-order valence-electron chi connectivity index (χ1n) is 10.7. The van der Waals surface area contributed by atoms with Crippen molar-refractivity contribution >= 4 is 16.7 Å². The van der Waals surface area contributed by atoms with Gasteiger partial charge >= 0.3 is 0 Å². The van der Waals surface area contributed by atoms with E-state index < -0.39 is 0 Å². The molecular formula is C27H27N3O. The maximum absolute atomic E-state index is 12.4. The molecule has 0 saturated heterocycles. The fourth-order valence-corrected chi connectivity index (χ4v) is 3.85. The number of aromatic nitrogens is 2. The molecule has 0 amide bonds. The fourth-order valence-electron chi connectivity index (χ4n) is 3.85. The molecule has 0 aliphatic carbocycles. The van der Waals surface area contributed by atoms with Crippen LogP contribution in [0.5, 0.6) is 0 Å². The monoisotopic (exact) mass is 409 g/mol. The number of anilines is 1. The molecule has 1 heterocycles. The van der Waals surface area contributed by atoms with Crippen LogP contribution in [0.15, 0.2) is 96.3 Å². The Kier molecular flexibility index (Phi) is 6.58. The molecule has 0 aliphatic rings. The lowest BCUT2D eigenvalue weighted by Gasteiger charge is -2.22. The molecule has 3 aromatic carbocycles. The van der Waals surface area contributed by atoms with E-state index in [1.165, 1.54) is 16.3 Å². The molecule has 4 rings (SSSR count). The summed E-state index contributed by atoms with van der Waals surface area (Å²) in [4.78, 5) is 22.1. The third kappa shape index (κ3) is 5.48. The van der Waals surface area contributed by atoms with Crippen molar-refractivity contribution in [2.24, 2.45) is 0 Å². The van der Waals surface area contributed by atoms with Crippen LogP contribution in [0.2, 0.25) is 0 Å². The van der Waals surface area contributed by atoms with Gasteiger partial charge in [0.1, 0.15) is 0 Å². The number of fused-ring (bicyclic) bond motifs is 1. The molecule has 0 saturated carbocycles. The van der Waals surface area contributed by atoms with Crippen molar-refractivity contribution in [3.63, 3.8) is 0 Å². The summed E-state index contributed by atoms with van der Waals surface area (Å²) >= 11 is 0. The van der Waals surface area contributed by atoms with Crippen LogP contribution in [0, 0.1) is 0 Å². The van der Waals surface area contributed by atoms with E-state index >= 15 is 0 Å². The summed E-state index contributed by atoms with van der Waals surface area (Å²) in [5.41, 5.74) is 3.10. The SMILES string of the molecule is C=CCN(CCCc1ccccc1)c1nc(Cc2ccc3ccccc3c2)cc(=O)[nH]1. The third-order valence-corrected chi connectivity index (χ3v) is 5.37. The van der Waals surface area contributed by atoms with E-state index in [1.807, 2.05) is 24.3 Å². The maximum Gasteiger partial charge on any atom is 0.252 e. The number of nitrogens with zero attached hydrogens (tertiary/aromatic N) is 2. The van der Waals surface area contributed by atoms with E-state index in [4.69, 9.17) is 4.98 Å². The van der Waals surface area contributed by atoms with Crippen LogP contribution in [0.1, 0.15) is 23.2 Å². The summed E-state index contributed by atoms with van der Waals surface area (Å²) < 4.78 is 0. The molecule has 0 spiro atoms. The topological polar surface area (TPSA) is 49.0 Å². The Balaban J connectivity index is 1.51. The Hall–Kier alpha value is -3.66. The van der Waals surface area contributed by atoms with Crippen molar-refractivity contribution in [3.05, 3.63) is 119 Å². The molecule has 4 heteroatoms. The van der Waals surface area contributed by atoms with Crippen LogP contribution in [0.25, 0.3) is 10.8 Å². The molecule has 0 atom stereocenters. The Morgan fingerprint density at radius 1 is 0.903 bits per heavy atom. The molecule has 0 unspecified atom stereocenters. The highest BCUT2D eigenvalue weighted by Gasteiger charge is 2.10. The van der Waals surface area contributed by atoms with Crippen LogP contribution in [0.4, 0.5) is 5.95 Å². The summed E-state index contributed by atoms with van der Waals surface area (Å²) in [5.74, 6) is 0.608. The smallest absolute Gasteiger partial charge is 0.252 e. The highest BCUT2D eigenvalue weighted by Crippen LogP contribution is 2.18. The lowest BCUT2D eigenvalue weighted by Crippen LogP contribution is -2.29. The predicted octanol–water partition coefficient (Wildman–Crippen LogP) is 5.14. The summed E-state index contributed by atoms with van der Waals surface area (Å²) in [5, 5.41) is 2.40. The van der Waals surface area contributed by atoms with Gasteiger partial charge in [-0.15, -0.1) is 6.58 Å². The van der Waals surface area contributed by atoms with Crippen molar-refractivity contribution in [1.82, 2.24) is 9.97 Å². The summed E-state index contributed by atoms with van der Waals surface area (Å²) in [6.07, 6.45) is 4.41. The number of benzene rings is 3. The molecule has 0 radical (unpaired) electrons. The van der Waals surface area contributed by atoms with Gasteiger partial charge in [-0.3, -0.25) is 9.78 Å². The average molecular weight is 410 g/mol. The van der Waals surface area contributed by atoms with Gasteiger partial charge in [-0.25, -0.2) is 4.98 Å². The van der Waals surface area contributed by atoms with Gasteiger partial charge in [0, 0.05) is 25.6 Å². The summed E-state index contributed by atoms with van der Waals surface area (Å²) in [6, 6.07) is 26.7. The zero-order valence-corrected chi connectivity index (χ0v) is 17.6. The molecule has 156 valence electrons. The minimum absolute atomic E-state index is 0.127. The number of rotatable bonds is 9. The van der Waals surface area contributed by atoms with Crippen LogP contribution >= 0.6 is 0 Å². The molecule has 4 aromatic rings. The van der Waals surface area contributed by atoms with E-state index in [1.54, 1.807) is 6.07 Å². The number of aryl methyl sites for hydroxylation is 1. The minimum Gasteiger partial charge on any atom is -0.339 e. The molecule has 0 bridgehead atoms. The zero-order valence-electron chi connectivity index (χ0n) is 17.6. The van der Waals surface area contributed by atoms with Gasteiger partial charge in [-0.2, -0.15) is 0 Å². The van der Waals surface area contributed by atoms with Crippen molar-refractivity contribution in [1.29, 1.82) is 0 Å². The Labute approximate surface area is 182 Å². The molecule has 31 heavy (non-hydrogen) atoms. The zero-order chi connectivity index (χ0) is 21.5. The number of hydrogen-bond acceptors (Lipinski definition) is 3. The van der Waals surface area contributed by atoms with Crippen LogP contribution < -0.4 is 10.5 Å². The normalized spacial score (nSPS) is 10.8. The molecule has 1 N–H and O–H groups in total. The van der Waals surface area contributed by atoms with Gasteiger partial charge in [-0.1, -0.05) is 78.9 Å². The highest BCUT2D eigenvalue weighted by atomic mass is 16.1. The summed E-state index contributed by atoms with van der Waals surface area (Å²) in [7, 11) is 0. The number of aromatic amines is 1. The van der Waals surface area contributed by atoms with Crippen molar-refractivity contribution < 1.29 is 0 Å². The largest absolute Gasteiger partial charge is 0.339 e. The minimum atomic E-state index is -0.127. The second kappa shape index (κ2) is 9.90. The van der Waals surface area contributed by atoms with Crippen LogP contribution in [0.3, 0.4) is 0 Å². The van der Waals surface area contributed by atoms with Crippen molar-refractivity contribution in [3.8, 4) is 0 Å². The standard InChI is InChI=1S/C27H27N3O/c1-2-16-30(17-8-11-21-9-4-3-5-10-21)27-28-25(20-26(31)29-27)19-22-14-15-23-12-6-7-13-24(23)18-22/h2-7,9-10,12-15,18,20H,1,8,11,16-17,19H2,(H,28,29,31). The molecule has 1 aromatic heterocycles. The predicted molar refractivity (Wildman–Crippen MR) is 129 cm³/mol. The van der Waals surface area contributed by atoms with Crippen LogP contribution in [-0.2, 0) is 12.8 Å². The van der Waals surface area contributed by atoms with Gasteiger partial charge in [0.25, 0.3) is 5.56 Å². The van der Waals surface area contributed by atoms with E-state index in [9.17, 15) is 4.79 Å². The average Bonchev–Trinajstić information content (AvgIpc) is 2.79. The van der Waals surface area contributed by atoms with Crippen molar-refractivity contribution in [2.75, 3.05) is 18.0 Å². The number of nitrogens with one attached hydrogen (secondary N) is 1. The maximum atomic E-state index is 12.4. The Morgan fingerprint density at radius 2 is 1.68 bits per heavy atom. The molecule has 0 fully saturated rings. The quantitative estimate of drug-likeness (QED) is 0.390. The highest BCUT2D eigenvalue weighted by molar-refractivity contribution is 5.83. The first kappa shape index (κ1) is 20.6. The van der Waals surface area contributed by atoms with E-state index in [0.29, 0.717) is 18.9 Å². The molecule has 4 nitrogen and oxygen atoms in total. The third-order valence-electron chi connectivity index (χ3n) is 5.37. The van der Waals surface area contributed by atoms with Gasteiger partial charge in [-0.05, 0) is 34.7 Å². The fraction of sp³-hybridized carbons (Fsp3) is 0.185. The van der Waals surface area contributed by atoms with E-state index in [0.717, 1.165) is 30.6 Å². The van der Waals surface area contributed by atoms with Gasteiger partial charge in [0.2, 0.25) is 5.95 Å². The Bertz CT molecular complexity index is 1210. The lowest BCUT2D eigenvalue weighted by atomic mass is 10.0. The summed E-state index contributed by atoms with van der Waals surface area (Å²) in [6.45, 7) is 5.30. The van der Waals surface area contributed by atoms with Gasteiger partial charge in [0.15, 0.2) is 0 Å². The first-order chi connectivity index (χ1) is 15.2. The number of H-pyrrole nitrogens is 1. The van der Waals surface area contributed by atoms with E-state index in [2.05, 4.69) is 71.1 Å². The second-order valence-electron chi connectivity index (χ2n) is 7.74. The number of hydrogen-bond donors (Lipinski definition) is 1. The molecule has 0 aliphatic heterocycles. The first-order valence-corrected chi connectivity index (χ1v) is 10.7. The van der Waals surface area contributed by atoms with Crippen molar-refractivity contribution in [2.45, 2.75) is 19.3 Å². The van der Waals surface area contributed by atoms with Gasteiger partial charge < -0.3 is 4.90 Å². The lowest BCUT2D eigenvalue weighted by molar-refractivity contribution is 0.736. The van der Waals surface area contributed by atoms with E-state index in [-0.39, 0.29) is 5.56 Å². The van der Waals surface area contributed by atoms with Gasteiger partial charge in [0.05, 0.1) is 5.69 Å². The second-order valence-corrected chi connectivity index (χ2v) is 7.74. The van der Waals surface area contributed by atoms with Crippen LogP contribution in [-0.4, -0.2) is 23.1 Å².